The van der Waals surface area contributed by atoms with Gasteiger partial charge in [-0.25, -0.2) is 4.98 Å². The highest BCUT2D eigenvalue weighted by molar-refractivity contribution is 9.10. The maximum atomic E-state index is 5.37. The van der Waals surface area contributed by atoms with E-state index in [1.165, 1.54) is 0 Å². The Hall–Kier alpha value is -1.70. The summed E-state index contributed by atoms with van der Waals surface area (Å²) in [5.74, 6) is 1.45. The van der Waals surface area contributed by atoms with Gasteiger partial charge in [-0.2, -0.15) is 4.98 Å². The number of rotatable bonds is 6. The van der Waals surface area contributed by atoms with E-state index in [1.54, 1.807) is 0 Å². The van der Waals surface area contributed by atoms with Gasteiger partial charge in [0.2, 0.25) is 5.95 Å². The molecule has 0 unspecified atom stereocenters. The van der Waals surface area contributed by atoms with Gasteiger partial charge in [-0.1, -0.05) is 15.9 Å². The molecule has 0 saturated carbocycles. The Balaban J connectivity index is 1.57. The fraction of sp³-hybridized carbons (Fsp3) is 0.412. The van der Waals surface area contributed by atoms with Gasteiger partial charge < -0.3 is 15.4 Å². The van der Waals surface area contributed by atoms with Crippen LogP contribution >= 0.6 is 15.9 Å². The monoisotopic (exact) mass is 391 g/mol. The van der Waals surface area contributed by atoms with E-state index in [9.17, 15) is 0 Å². The second-order valence-corrected chi connectivity index (χ2v) is 6.65. The molecule has 1 saturated heterocycles. The second-order valence-electron chi connectivity index (χ2n) is 5.73. The van der Waals surface area contributed by atoms with Crippen LogP contribution in [-0.4, -0.2) is 54.3 Å². The number of ether oxygens (including phenoxy) is 1. The zero-order chi connectivity index (χ0) is 16.8. The summed E-state index contributed by atoms with van der Waals surface area (Å²) in [6.07, 6.45) is 0. The third-order valence-electron chi connectivity index (χ3n) is 3.79. The van der Waals surface area contributed by atoms with E-state index in [-0.39, 0.29) is 0 Å². The number of aromatic nitrogens is 2. The maximum absolute atomic E-state index is 5.37. The number of morpholine rings is 1. The molecule has 1 aromatic heterocycles. The molecule has 128 valence electrons. The van der Waals surface area contributed by atoms with Crippen molar-refractivity contribution in [2.75, 3.05) is 50.0 Å². The first-order chi connectivity index (χ1) is 11.7. The molecule has 1 aliphatic heterocycles. The molecule has 0 atom stereocenters. The lowest BCUT2D eigenvalue weighted by Gasteiger charge is -2.26. The minimum absolute atomic E-state index is 0.603. The minimum Gasteiger partial charge on any atom is -0.379 e. The lowest BCUT2D eigenvalue weighted by atomic mass is 10.3. The van der Waals surface area contributed by atoms with E-state index >= 15 is 0 Å². The summed E-state index contributed by atoms with van der Waals surface area (Å²) < 4.78 is 6.41. The van der Waals surface area contributed by atoms with Gasteiger partial charge in [-0.05, 0) is 31.2 Å². The smallest absolute Gasteiger partial charge is 0.229 e. The van der Waals surface area contributed by atoms with Crippen molar-refractivity contribution in [1.82, 2.24) is 14.9 Å². The van der Waals surface area contributed by atoms with Gasteiger partial charge in [-0.3, -0.25) is 4.90 Å². The van der Waals surface area contributed by atoms with Crippen LogP contribution in [0.4, 0.5) is 17.5 Å². The first kappa shape index (κ1) is 17.1. The molecule has 1 fully saturated rings. The fourth-order valence-electron chi connectivity index (χ4n) is 2.54. The third kappa shape index (κ3) is 5.15. The molecule has 0 amide bonds. The summed E-state index contributed by atoms with van der Waals surface area (Å²) in [7, 11) is 0. The standard InChI is InChI=1S/C17H22BrN5O/c1-13-12-16(19-6-7-23-8-10-24-11-9-23)22-17(20-13)21-15-4-2-14(18)3-5-15/h2-5,12H,6-11H2,1H3,(H2,19,20,21,22). The second kappa shape index (κ2) is 8.41. The molecule has 1 aromatic carbocycles. The molecule has 0 radical (unpaired) electrons. The van der Waals surface area contributed by atoms with Crippen LogP contribution in [-0.2, 0) is 4.74 Å². The number of anilines is 3. The van der Waals surface area contributed by atoms with E-state index in [0.717, 1.165) is 61.1 Å². The van der Waals surface area contributed by atoms with Crippen molar-refractivity contribution < 1.29 is 4.74 Å². The summed E-state index contributed by atoms with van der Waals surface area (Å²) in [6.45, 7) is 7.47. The number of hydrogen-bond acceptors (Lipinski definition) is 6. The molecular weight excluding hydrogens is 370 g/mol. The van der Waals surface area contributed by atoms with Crippen LogP contribution in [0.5, 0.6) is 0 Å². The molecule has 2 aromatic rings. The van der Waals surface area contributed by atoms with Crippen molar-refractivity contribution in [2.45, 2.75) is 6.92 Å². The molecule has 0 bridgehead atoms. The van der Waals surface area contributed by atoms with E-state index in [0.29, 0.717) is 5.95 Å². The van der Waals surface area contributed by atoms with Gasteiger partial charge in [-0.15, -0.1) is 0 Å². The Labute approximate surface area is 150 Å². The summed E-state index contributed by atoms with van der Waals surface area (Å²) in [5, 5.41) is 6.63. The molecule has 2 N–H and O–H groups in total. The third-order valence-corrected chi connectivity index (χ3v) is 4.32. The molecule has 6 nitrogen and oxygen atoms in total. The van der Waals surface area contributed by atoms with Crippen LogP contribution in [0.15, 0.2) is 34.8 Å². The van der Waals surface area contributed by atoms with Crippen molar-refractivity contribution in [1.29, 1.82) is 0 Å². The van der Waals surface area contributed by atoms with Gasteiger partial charge in [0.15, 0.2) is 0 Å². The quantitative estimate of drug-likeness (QED) is 0.788. The SMILES string of the molecule is Cc1cc(NCCN2CCOCC2)nc(Nc2ccc(Br)cc2)n1. The highest BCUT2D eigenvalue weighted by Crippen LogP contribution is 2.18. The Morgan fingerprint density at radius 3 is 2.67 bits per heavy atom. The molecule has 1 aliphatic rings. The largest absolute Gasteiger partial charge is 0.379 e. The number of benzene rings is 1. The normalized spacial score (nSPS) is 15.2. The predicted octanol–water partition coefficient (Wildman–Crippen LogP) is 3.04. The topological polar surface area (TPSA) is 62.3 Å². The number of aryl methyl sites for hydroxylation is 1. The minimum atomic E-state index is 0.603. The summed E-state index contributed by atoms with van der Waals surface area (Å²) in [5.41, 5.74) is 1.89. The summed E-state index contributed by atoms with van der Waals surface area (Å²) >= 11 is 3.43. The Morgan fingerprint density at radius 1 is 1.17 bits per heavy atom. The van der Waals surface area contributed by atoms with Crippen LogP contribution in [0, 0.1) is 6.92 Å². The molecule has 0 spiro atoms. The highest BCUT2D eigenvalue weighted by Gasteiger charge is 2.09. The number of nitrogens with one attached hydrogen (secondary N) is 2. The van der Waals surface area contributed by atoms with E-state index in [1.807, 2.05) is 37.3 Å². The van der Waals surface area contributed by atoms with Crippen LogP contribution in [0.3, 0.4) is 0 Å². The molecule has 3 rings (SSSR count). The van der Waals surface area contributed by atoms with Gasteiger partial charge in [0.05, 0.1) is 13.2 Å². The molecule has 0 aliphatic carbocycles. The first-order valence-electron chi connectivity index (χ1n) is 8.11. The zero-order valence-corrected chi connectivity index (χ0v) is 15.3. The molecule has 7 heteroatoms. The average molecular weight is 392 g/mol. The van der Waals surface area contributed by atoms with Crippen molar-refractivity contribution in [3.05, 3.63) is 40.5 Å². The number of halogens is 1. The zero-order valence-electron chi connectivity index (χ0n) is 13.8. The van der Waals surface area contributed by atoms with Crippen LogP contribution in [0.2, 0.25) is 0 Å². The maximum Gasteiger partial charge on any atom is 0.229 e. The van der Waals surface area contributed by atoms with Crippen molar-refractivity contribution in [3.63, 3.8) is 0 Å². The predicted molar refractivity (Wildman–Crippen MR) is 99.9 cm³/mol. The summed E-state index contributed by atoms with van der Waals surface area (Å²) in [4.78, 5) is 11.4. The average Bonchev–Trinajstić information content (AvgIpc) is 2.57. The van der Waals surface area contributed by atoms with Crippen LogP contribution in [0.1, 0.15) is 5.69 Å². The van der Waals surface area contributed by atoms with Gasteiger partial charge in [0.1, 0.15) is 5.82 Å². The van der Waals surface area contributed by atoms with Gasteiger partial charge >= 0.3 is 0 Å². The van der Waals surface area contributed by atoms with E-state index < -0.39 is 0 Å². The highest BCUT2D eigenvalue weighted by atomic mass is 79.9. The van der Waals surface area contributed by atoms with E-state index in [2.05, 4.69) is 41.4 Å². The van der Waals surface area contributed by atoms with Crippen molar-refractivity contribution in [2.24, 2.45) is 0 Å². The summed E-state index contributed by atoms with van der Waals surface area (Å²) in [6, 6.07) is 9.91. The van der Waals surface area contributed by atoms with Crippen LogP contribution < -0.4 is 10.6 Å². The van der Waals surface area contributed by atoms with Gasteiger partial charge in [0.25, 0.3) is 0 Å². The van der Waals surface area contributed by atoms with Crippen molar-refractivity contribution in [3.8, 4) is 0 Å². The first-order valence-corrected chi connectivity index (χ1v) is 8.90. The number of nitrogens with zero attached hydrogens (tertiary/aromatic N) is 3. The fourth-order valence-corrected chi connectivity index (χ4v) is 2.81. The van der Waals surface area contributed by atoms with Gasteiger partial charge in [0, 0.05) is 48.1 Å². The Kier molecular flexibility index (Phi) is 6.01. The Morgan fingerprint density at radius 2 is 1.92 bits per heavy atom. The van der Waals surface area contributed by atoms with Crippen LogP contribution in [0.25, 0.3) is 0 Å². The number of hydrogen-bond donors (Lipinski definition) is 2. The lowest BCUT2D eigenvalue weighted by Crippen LogP contribution is -2.39. The Bertz CT molecular complexity index is 659. The molecule has 2 heterocycles. The molecule has 24 heavy (non-hydrogen) atoms. The molecular formula is C17H22BrN5O. The van der Waals surface area contributed by atoms with E-state index in [4.69, 9.17) is 4.74 Å². The lowest BCUT2D eigenvalue weighted by molar-refractivity contribution is 0.0398. The van der Waals surface area contributed by atoms with Crippen molar-refractivity contribution >= 4 is 33.4 Å².